The number of hydrogen-bond donors (Lipinski definition) is 2. The van der Waals surface area contributed by atoms with Crippen LogP contribution in [0.15, 0.2) is 0 Å². The molecule has 6 heteroatoms. The van der Waals surface area contributed by atoms with E-state index < -0.39 is 0 Å². The lowest BCUT2D eigenvalue weighted by Gasteiger charge is -2.56. The van der Waals surface area contributed by atoms with Crippen molar-refractivity contribution in [2.24, 2.45) is 11.3 Å². The summed E-state index contributed by atoms with van der Waals surface area (Å²) in [5.41, 5.74) is 0.769. The SMILES string of the molecule is COCC1(C2CCC2)CN(C(=O)c2[nH]nc(C)c2O)C1. The summed E-state index contributed by atoms with van der Waals surface area (Å²) in [4.78, 5) is 14.1. The fourth-order valence-electron chi connectivity index (χ4n) is 3.37. The normalized spacial score (nSPS) is 21.4. The number of likely N-dealkylation sites (tertiary alicyclic amines) is 1. The Kier molecular flexibility index (Phi) is 3.20. The van der Waals surface area contributed by atoms with Crippen LogP contribution >= 0.6 is 0 Å². The van der Waals surface area contributed by atoms with Crippen molar-refractivity contribution >= 4 is 5.91 Å². The van der Waals surface area contributed by atoms with E-state index in [0.29, 0.717) is 31.3 Å². The fourth-order valence-corrected chi connectivity index (χ4v) is 3.37. The molecule has 1 amide bonds. The van der Waals surface area contributed by atoms with Gasteiger partial charge in [-0.25, -0.2) is 0 Å². The van der Waals surface area contributed by atoms with Gasteiger partial charge >= 0.3 is 0 Å². The lowest BCUT2D eigenvalue weighted by molar-refractivity contribution is -0.0976. The molecule has 2 heterocycles. The first-order chi connectivity index (χ1) is 9.57. The van der Waals surface area contributed by atoms with Gasteiger partial charge in [-0.1, -0.05) is 6.42 Å². The second kappa shape index (κ2) is 4.77. The molecule has 0 unspecified atom stereocenters. The smallest absolute Gasteiger partial charge is 0.275 e. The number of rotatable bonds is 4. The third-order valence-electron chi connectivity index (χ3n) is 4.83. The first kappa shape index (κ1) is 13.4. The molecule has 3 rings (SSSR count). The molecule has 0 radical (unpaired) electrons. The summed E-state index contributed by atoms with van der Waals surface area (Å²) in [5.74, 6) is 0.459. The van der Waals surface area contributed by atoms with Crippen LogP contribution in [-0.4, -0.2) is 52.9 Å². The van der Waals surface area contributed by atoms with Gasteiger partial charge in [-0.3, -0.25) is 9.89 Å². The molecule has 1 aromatic heterocycles. The van der Waals surface area contributed by atoms with Gasteiger partial charge in [0.05, 0.1) is 6.61 Å². The maximum absolute atomic E-state index is 12.3. The zero-order valence-corrected chi connectivity index (χ0v) is 12.0. The van der Waals surface area contributed by atoms with Crippen LogP contribution in [0.1, 0.15) is 35.4 Å². The molecular weight excluding hydrogens is 258 g/mol. The zero-order chi connectivity index (χ0) is 14.3. The van der Waals surface area contributed by atoms with Crippen molar-refractivity contribution in [3.05, 3.63) is 11.4 Å². The molecule has 0 atom stereocenters. The average molecular weight is 279 g/mol. The number of aromatic nitrogens is 2. The Morgan fingerprint density at radius 1 is 1.55 bits per heavy atom. The molecule has 2 fully saturated rings. The molecule has 0 spiro atoms. The third kappa shape index (κ3) is 1.90. The number of carbonyl (C=O) groups is 1. The maximum atomic E-state index is 12.3. The maximum Gasteiger partial charge on any atom is 0.275 e. The van der Waals surface area contributed by atoms with E-state index in [9.17, 15) is 9.90 Å². The molecule has 2 N–H and O–H groups in total. The standard InChI is InChI=1S/C14H21N3O3/c1-9-12(18)11(16-15-9)13(19)17-6-14(7-17,8-20-2)10-4-3-5-10/h10,18H,3-8H2,1-2H3,(H,15,16). The quantitative estimate of drug-likeness (QED) is 0.871. The van der Waals surface area contributed by atoms with E-state index in [1.807, 2.05) is 0 Å². The molecule has 1 aliphatic carbocycles. The van der Waals surface area contributed by atoms with E-state index in [1.165, 1.54) is 19.3 Å². The molecule has 1 saturated heterocycles. The highest BCUT2D eigenvalue weighted by Crippen LogP contribution is 2.48. The Bertz CT molecular complexity index is 516. The minimum Gasteiger partial charge on any atom is -0.504 e. The van der Waals surface area contributed by atoms with Crippen LogP contribution in [0.25, 0.3) is 0 Å². The monoisotopic (exact) mass is 279 g/mol. The van der Waals surface area contributed by atoms with E-state index in [2.05, 4.69) is 10.2 Å². The minimum atomic E-state index is -0.172. The average Bonchev–Trinajstić information content (AvgIpc) is 2.63. The van der Waals surface area contributed by atoms with Gasteiger partial charge in [0.25, 0.3) is 5.91 Å². The molecule has 1 saturated carbocycles. The number of aromatic hydroxyl groups is 1. The number of aromatic amines is 1. The third-order valence-corrected chi connectivity index (χ3v) is 4.83. The highest BCUT2D eigenvalue weighted by Gasteiger charge is 2.52. The second-order valence-corrected chi connectivity index (χ2v) is 6.12. The van der Waals surface area contributed by atoms with Crippen molar-refractivity contribution in [1.82, 2.24) is 15.1 Å². The molecule has 6 nitrogen and oxygen atoms in total. The van der Waals surface area contributed by atoms with Crippen LogP contribution in [0.4, 0.5) is 0 Å². The zero-order valence-electron chi connectivity index (χ0n) is 12.0. The van der Waals surface area contributed by atoms with Gasteiger partial charge in [0.2, 0.25) is 0 Å². The predicted octanol–water partition coefficient (Wildman–Crippen LogP) is 1.31. The van der Waals surface area contributed by atoms with Crippen LogP contribution in [0.2, 0.25) is 0 Å². The van der Waals surface area contributed by atoms with Gasteiger partial charge in [-0.05, 0) is 25.7 Å². The second-order valence-electron chi connectivity index (χ2n) is 6.12. The van der Waals surface area contributed by atoms with Crippen LogP contribution in [0.5, 0.6) is 5.75 Å². The van der Waals surface area contributed by atoms with Crippen molar-refractivity contribution in [1.29, 1.82) is 0 Å². The lowest BCUT2D eigenvalue weighted by atomic mass is 9.61. The van der Waals surface area contributed by atoms with E-state index in [4.69, 9.17) is 4.74 Å². The van der Waals surface area contributed by atoms with Crippen molar-refractivity contribution in [3.63, 3.8) is 0 Å². The van der Waals surface area contributed by atoms with Crippen LogP contribution in [-0.2, 0) is 4.74 Å². The first-order valence-electron chi connectivity index (χ1n) is 7.09. The number of hydrogen-bond acceptors (Lipinski definition) is 4. The van der Waals surface area contributed by atoms with Crippen molar-refractivity contribution in [2.75, 3.05) is 26.8 Å². The summed E-state index contributed by atoms with van der Waals surface area (Å²) in [7, 11) is 1.72. The minimum absolute atomic E-state index is 0.0390. The van der Waals surface area contributed by atoms with Gasteiger partial charge in [0, 0.05) is 25.6 Å². The fraction of sp³-hybridized carbons (Fsp3) is 0.714. The number of H-pyrrole nitrogens is 1. The summed E-state index contributed by atoms with van der Waals surface area (Å²) < 4.78 is 5.36. The van der Waals surface area contributed by atoms with Crippen LogP contribution in [0, 0.1) is 18.3 Å². The molecule has 20 heavy (non-hydrogen) atoms. The van der Waals surface area contributed by atoms with Gasteiger partial charge in [0.15, 0.2) is 11.4 Å². The predicted molar refractivity (Wildman–Crippen MR) is 72.5 cm³/mol. The number of nitrogens with one attached hydrogen (secondary N) is 1. The number of nitrogens with zero attached hydrogens (tertiary/aromatic N) is 2. The lowest BCUT2D eigenvalue weighted by Crippen LogP contribution is -2.64. The van der Waals surface area contributed by atoms with Gasteiger partial charge in [-0.15, -0.1) is 0 Å². The van der Waals surface area contributed by atoms with E-state index in [-0.39, 0.29) is 22.8 Å². The van der Waals surface area contributed by atoms with Crippen LogP contribution < -0.4 is 0 Å². The molecule has 1 aromatic rings. The molecule has 110 valence electrons. The summed E-state index contributed by atoms with van der Waals surface area (Å²) in [5, 5.41) is 16.3. The highest BCUT2D eigenvalue weighted by atomic mass is 16.5. The number of ether oxygens (including phenoxy) is 1. The number of aryl methyl sites for hydroxylation is 1. The Hall–Kier alpha value is -1.56. The Labute approximate surface area is 118 Å². The van der Waals surface area contributed by atoms with Gasteiger partial charge in [-0.2, -0.15) is 5.10 Å². The van der Waals surface area contributed by atoms with Gasteiger partial charge < -0.3 is 14.7 Å². The van der Waals surface area contributed by atoms with Crippen molar-refractivity contribution in [2.45, 2.75) is 26.2 Å². The van der Waals surface area contributed by atoms with E-state index in [1.54, 1.807) is 18.9 Å². The molecule has 0 aromatic carbocycles. The highest BCUT2D eigenvalue weighted by molar-refractivity contribution is 5.95. The molecule has 0 bridgehead atoms. The Morgan fingerprint density at radius 3 is 2.70 bits per heavy atom. The topological polar surface area (TPSA) is 78.5 Å². The summed E-state index contributed by atoms with van der Waals surface area (Å²) in [6, 6.07) is 0. The van der Waals surface area contributed by atoms with E-state index in [0.717, 1.165) is 0 Å². The largest absolute Gasteiger partial charge is 0.504 e. The molecular formula is C14H21N3O3. The summed E-state index contributed by atoms with van der Waals surface area (Å²) >= 11 is 0. The van der Waals surface area contributed by atoms with Crippen LogP contribution in [0.3, 0.4) is 0 Å². The first-order valence-corrected chi connectivity index (χ1v) is 7.09. The Balaban J connectivity index is 1.69. The number of amides is 1. The molecule has 1 aliphatic heterocycles. The van der Waals surface area contributed by atoms with Crippen molar-refractivity contribution in [3.8, 4) is 5.75 Å². The summed E-state index contributed by atoms with van der Waals surface area (Å²) in [6.07, 6.45) is 3.75. The summed E-state index contributed by atoms with van der Waals surface area (Å²) in [6.45, 7) is 3.79. The van der Waals surface area contributed by atoms with Gasteiger partial charge in [0.1, 0.15) is 5.69 Å². The number of carbonyl (C=O) groups excluding carboxylic acids is 1. The van der Waals surface area contributed by atoms with Crippen molar-refractivity contribution < 1.29 is 14.6 Å². The Morgan fingerprint density at radius 2 is 2.25 bits per heavy atom. The van der Waals surface area contributed by atoms with E-state index >= 15 is 0 Å². The molecule has 2 aliphatic rings. The number of methoxy groups -OCH3 is 1.